The van der Waals surface area contributed by atoms with Crippen LogP contribution < -0.4 is 10.8 Å². The highest BCUT2D eigenvalue weighted by Gasteiger charge is 2.19. The van der Waals surface area contributed by atoms with Crippen LogP contribution in [0.15, 0.2) is 0 Å². The minimum atomic E-state index is -0.360. The number of ether oxygens (including phenoxy) is 1. The zero-order chi connectivity index (χ0) is 11.3. The molecule has 1 fully saturated rings. The van der Waals surface area contributed by atoms with E-state index in [2.05, 4.69) is 10.8 Å². The summed E-state index contributed by atoms with van der Waals surface area (Å²) in [4.78, 5) is 16.6. The number of rotatable bonds is 3. The van der Waals surface area contributed by atoms with Crippen LogP contribution in [0.2, 0.25) is 0 Å². The summed E-state index contributed by atoms with van der Waals surface area (Å²) in [6, 6.07) is 0. The number of hydroxylamine groups is 1. The SMILES string of the molecule is CC(C)(C)ONC(=O)CC1CNCCO1. The summed E-state index contributed by atoms with van der Waals surface area (Å²) in [5, 5.41) is 3.17. The van der Waals surface area contributed by atoms with Crippen LogP contribution in [0.5, 0.6) is 0 Å². The Bertz CT molecular complexity index is 207. The van der Waals surface area contributed by atoms with Crippen LogP contribution in [0, 0.1) is 0 Å². The normalized spacial score (nSPS) is 22.5. The molecule has 15 heavy (non-hydrogen) atoms. The maximum absolute atomic E-state index is 11.4. The van der Waals surface area contributed by atoms with Crippen LogP contribution in [-0.4, -0.2) is 37.3 Å². The molecule has 1 amide bonds. The monoisotopic (exact) mass is 216 g/mol. The second kappa shape index (κ2) is 5.44. The van der Waals surface area contributed by atoms with Gasteiger partial charge in [-0.05, 0) is 20.8 Å². The summed E-state index contributed by atoms with van der Waals surface area (Å²) < 4.78 is 5.40. The minimum absolute atomic E-state index is 0.0395. The Labute approximate surface area is 90.5 Å². The van der Waals surface area contributed by atoms with Crippen molar-refractivity contribution in [3.8, 4) is 0 Å². The van der Waals surface area contributed by atoms with Crippen LogP contribution in [0.1, 0.15) is 27.2 Å². The molecule has 0 radical (unpaired) electrons. The smallest absolute Gasteiger partial charge is 0.246 e. The predicted octanol–water partition coefficient (Wildman–Crippen LogP) is 0.211. The van der Waals surface area contributed by atoms with E-state index in [9.17, 15) is 4.79 Å². The van der Waals surface area contributed by atoms with Gasteiger partial charge in [0.2, 0.25) is 5.91 Å². The molecule has 1 rings (SSSR count). The van der Waals surface area contributed by atoms with Crippen LogP contribution in [0.3, 0.4) is 0 Å². The summed E-state index contributed by atoms with van der Waals surface area (Å²) >= 11 is 0. The Morgan fingerprint density at radius 3 is 2.87 bits per heavy atom. The molecule has 1 heterocycles. The Hall–Kier alpha value is -0.650. The van der Waals surface area contributed by atoms with E-state index in [4.69, 9.17) is 9.57 Å². The van der Waals surface area contributed by atoms with E-state index in [-0.39, 0.29) is 17.6 Å². The quantitative estimate of drug-likeness (QED) is 0.662. The van der Waals surface area contributed by atoms with Crippen LogP contribution in [0.4, 0.5) is 0 Å². The highest BCUT2D eigenvalue weighted by atomic mass is 16.7. The predicted molar refractivity (Wildman–Crippen MR) is 56.2 cm³/mol. The van der Waals surface area contributed by atoms with Gasteiger partial charge in [-0.25, -0.2) is 5.48 Å². The molecule has 1 saturated heterocycles. The lowest BCUT2D eigenvalue weighted by Gasteiger charge is -2.24. The molecule has 1 atom stereocenters. The van der Waals surface area contributed by atoms with Crippen molar-refractivity contribution in [3.05, 3.63) is 0 Å². The Balaban J connectivity index is 2.17. The van der Waals surface area contributed by atoms with Crippen LogP contribution in [0.25, 0.3) is 0 Å². The van der Waals surface area contributed by atoms with Gasteiger partial charge < -0.3 is 10.1 Å². The Morgan fingerprint density at radius 1 is 1.60 bits per heavy atom. The van der Waals surface area contributed by atoms with Crippen molar-refractivity contribution >= 4 is 5.91 Å². The summed E-state index contributed by atoms with van der Waals surface area (Å²) in [6.07, 6.45) is 0.297. The van der Waals surface area contributed by atoms with Gasteiger partial charge in [0.25, 0.3) is 0 Å². The molecule has 0 aliphatic carbocycles. The van der Waals surface area contributed by atoms with Crippen molar-refractivity contribution in [2.45, 2.75) is 38.9 Å². The third-order valence-corrected chi connectivity index (χ3v) is 1.89. The van der Waals surface area contributed by atoms with Gasteiger partial charge in [-0.2, -0.15) is 0 Å². The van der Waals surface area contributed by atoms with Gasteiger partial charge in [0.1, 0.15) is 0 Å². The van der Waals surface area contributed by atoms with Gasteiger partial charge in [-0.15, -0.1) is 0 Å². The van der Waals surface area contributed by atoms with Crippen molar-refractivity contribution in [1.82, 2.24) is 10.8 Å². The van der Waals surface area contributed by atoms with Gasteiger partial charge in [-0.3, -0.25) is 9.63 Å². The number of hydrogen-bond donors (Lipinski definition) is 2. The lowest BCUT2D eigenvalue weighted by molar-refractivity contribution is -0.148. The number of carbonyl (C=O) groups is 1. The Kier molecular flexibility index (Phi) is 4.50. The average molecular weight is 216 g/mol. The fourth-order valence-corrected chi connectivity index (χ4v) is 1.21. The minimum Gasteiger partial charge on any atom is -0.375 e. The fourth-order valence-electron chi connectivity index (χ4n) is 1.21. The molecular formula is C10H20N2O3. The molecule has 5 nitrogen and oxygen atoms in total. The van der Waals surface area contributed by atoms with E-state index in [0.717, 1.165) is 13.1 Å². The largest absolute Gasteiger partial charge is 0.375 e. The van der Waals surface area contributed by atoms with E-state index >= 15 is 0 Å². The Morgan fingerprint density at radius 2 is 2.33 bits per heavy atom. The van der Waals surface area contributed by atoms with Crippen LogP contribution >= 0.6 is 0 Å². The van der Waals surface area contributed by atoms with E-state index in [1.54, 1.807) is 0 Å². The second-order valence-electron chi connectivity index (χ2n) is 4.64. The third kappa shape index (κ3) is 5.71. The molecule has 0 bridgehead atoms. The first kappa shape index (κ1) is 12.4. The fraction of sp³-hybridized carbons (Fsp3) is 0.900. The molecule has 5 heteroatoms. The zero-order valence-corrected chi connectivity index (χ0v) is 9.63. The molecule has 1 aliphatic heterocycles. The maximum atomic E-state index is 11.4. The average Bonchev–Trinajstić information content (AvgIpc) is 2.15. The van der Waals surface area contributed by atoms with Crippen molar-refractivity contribution in [2.24, 2.45) is 0 Å². The summed E-state index contributed by atoms with van der Waals surface area (Å²) in [5.74, 6) is -0.140. The lowest BCUT2D eigenvalue weighted by Crippen LogP contribution is -2.42. The highest BCUT2D eigenvalue weighted by molar-refractivity contribution is 5.75. The molecule has 1 aliphatic rings. The number of nitrogens with one attached hydrogen (secondary N) is 2. The first-order valence-corrected chi connectivity index (χ1v) is 5.26. The van der Waals surface area contributed by atoms with Crippen molar-refractivity contribution in [2.75, 3.05) is 19.7 Å². The van der Waals surface area contributed by atoms with Gasteiger partial charge in [0.05, 0.1) is 24.7 Å². The first-order chi connectivity index (χ1) is 6.97. The molecule has 0 aromatic heterocycles. The molecule has 0 aromatic rings. The van der Waals surface area contributed by atoms with Gasteiger partial charge >= 0.3 is 0 Å². The van der Waals surface area contributed by atoms with E-state index in [0.29, 0.717) is 13.0 Å². The summed E-state index contributed by atoms with van der Waals surface area (Å²) in [6.45, 7) is 7.89. The van der Waals surface area contributed by atoms with Gasteiger partial charge in [0.15, 0.2) is 0 Å². The topological polar surface area (TPSA) is 59.6 Å². The van der Waals surface area contributed by atoms with E-state index < -0.39 is 0 Å². The molecule has 1 unspecified atom stereocenters. The molecule has 0 saturated carbocycles. The number of amides is 1. The summed E-state index contributed by atoms with van der Waals surface area (Å²) in [7, 11) is 0. The van der Waals surface area contributed by atoms with E-state index in [1.807, 2.05) is 20.8 Å². The van der Waals surface area contributed by atoms with Gasteiger partial charge in [-0.1, -0.05) is 0 Å². The highest BCUT2D eigenvalue weighted by Crippen LogP contribution is 2.05. The standard InChI is InChI=1S/C10H20N2O3/c1-10(2,3)15-12-9(13)6-8-7-11-4-5-14-8/h8,11H,4-7H2,1-3H3,(H,12,13). The molecule has 0 aromatic carbocycles. The molecule has 88 valence electrons. The van der Waals surface area contributed by atoms with Crippen molar-refractivity contribution in [1.29, 1.82) is 0 Å². The molecule has 2 N–H and O–H groups in total. The second-order valence-corrected chi connectivity index (χ2v) is 4.64. The number of hydrogen-bond acceptors (Lipinski definition) is 4. The summed E-state index contributed by atoms with van der Waals surface area (Å²) in [5.41, 5.74) is 2.06. The lowest BCUT2D eigenvalue weighted by atomic mass is 10.2. The number of morpholine rings is 1. The van der Waals surface area contributed by atoms with Crippen molar-refractivity contribution in [3.63, 3.8) is 0 Å². The maximum Gasteiger partial charge on any atom is 0.246 e. The van der Waals surface area contributed by atoms with Gasteiger partial charge in [0, 0.05) is 13.1 Å². The van der Waals surface area contributed by atoms with Crippen molar-refractivity contribution < 1.29 is 14.4 Å². The first-order valence-electron chi connectivity index (χ1n) is 5.26. The molecule has 0 spiro atoms. The van der Waals surface area contributed by atoms with E-state index in [1.165, 1.54) is 0 Å². The zero-order valence-electron chi connectivity index (χ0n) is 9.63. The molecular weight excluding hydrogens is 196 g/mol. The third-order valence-electron chi connectivity index (χ3n) is 1.89. The number of carbonyl (C=O) groups excluding carboxylic acids is 1. The van der Waals surface area contributed by atoms with Crippen LogP contribution in [-0.2, 0) is 14.4 Å².